The van der Waals surface area contributed by atoms with Gasteiger partial charge in [-0.3, -0.25) is 4.98 Å². The summed E-state index contributed by atoms with van der Waals surface area (Å²) in [5.74, 6) is -0.228. The molecule has 0 aliphatic carbocycles. The zero-order valence-corrected chi connectivity index (χ0v) is 10.0. The van der Waals surface area contributed by atoms with Crippen molar-refractivity contribution in [2.45, 2.75) is 26.2 Å². The summed E-state index contributed by atoms with van der Waals surface area (Å²) in [6, 6.07) is 7.44. The van der Waals surface area contributed by atoms with Crippen LogP contribution in [0.5, 0.6) is 0 Å². The van der Waals surface area contributed by atoms with Crippen molar-refractivity contribution < 1.29 is 4.39 Å². The maximum atomic E-state index is 13.8. The fourth-order valence-electron chi connectivity index (χ4n) is 1.97. The van der Waals surface area contributed by atoms with Gasteiger partial charge in [0.1, 0.15) is 11.3 Å². The molecule has 0 aliphatic rings. The number of hydrogen-bond acceptors (Lipinski definition) is 2. The van der Waals surface area contributed by atoms with Crippen molar-refractivity contribution >= 4 is 10.9 Å². The smallest absolute Gasteiger partial charge is 0.149 e. The predicted molar refractivity (Wildman–Crippen MR) is 68.4 cm³/mol. The molecule has 0 saturated heterocycles. The number of rotatable bonds is 4. The molecule has 1 heterocycles. The average molecular weight is 232 g/mol. The summed E-state index contributed by atoms with van der Waals surface area (Å²) in [5, 5.41) is 0.873. The van der Waals surface area contributed by atoms with E-state index in [9.17, 15) is 4.39 Å². The monoisotopic (exact) mass is 232 g/mol. The topological polar surface area (TPSA) is 38.9 Å². The third kappa shape index (κ3) is 2.80. The molecule has 0 fully saturated rings. The van der Waals surface area contributed by atoms with E-state index in [1.165, 1.54) is 0 Å². The molecule has 17 heavy (non-hydrogen) atoms. The van der Waals surface area contributed by atoms with E-state index in [-0.39, 0.29) is 5.82 Å². The van der Waals surface area contributed by atoms with Gasteiger partial charge in [0, 0.05) is 11.1 Å². The number of nitrogens with zero attached hydrogens (tertiary/aromatic N) is 1. The Morgan fingerprint density at radius 3 is 2.82 bits per heavy atom. The van der Waals surface area contributed by atoms with Crippen molar-refractivity contribution in [3.63, 3.8) is 0 Å². The van der Waals surface area contributed by atoms with Crippen LogP contribution in [0.2, 0.25) is 0 Å². The number of halogens is 1. The second-order valence-electron chi connectivity index (χ2n) is 4.35. The lowest BCUT2D eigenvalue weighted by molar-refractivity contribution is 0.632. The molecule has 0 saturated carbocycles. The fourth-order valence-corrected chi connectivity index (χ4v) is 1.97. The standard InChI is InChI=1S/C14H17FN2/c1-10-5-6-12-8-11(4-2-3-7-16)9-13(15)14(12)17-10/h5-6,8-9H,2-4,7,16H2,1H3. The lowest BCUT2D eigenvalue weighted by Gasteiger charge is -2.05. The van der Waals surface area contributed by atoms with Crippen molar-refractivity contribution in [1.29, 1.82) is 0 Å². The second-order valence-corrected chi connectivity index (χ2v) is 4.35. The summed E-state index contributed by atoms with van der Waals surface area (Å²) in [6.45, 7) is 2.56. The van der Waals surface area contributed by atoms with Crippen LogP contribution in [0.3, 0.4) is 0 Å². The molecule has 0 spiro atoms. The predicted octanol–water partition coefficient (Wildman–Crippen LogP) is 2.96. The molecule has 2 nitrogen and oxygen atoms in total. The highest BCUT2D eigenvalue weighted by Gasteiger charge is 2.05. The lowest BCUT2D eigenvalue weighted by atomic mass is 10.0. The van der Waals surface area contributed by atoms with Crippen LogP contribution in [-0.4, -0.2) is 11.5 Å². The van der Waals surface area contributed by atoms with E-state index in [1.54, 1.807) is 6.07 Å². The van der Waals surface area contributed by atoms with Gasteiger partial charge in [-0.2, -0.15) is 0 Å². The molecule has 1 aromatic carbocycles. The van der Waals surface area contributed by atoms with Crippen LogP contribution in [0.1, 0.15) is 24.1 Å². The van der Waals surface area contributed by atoms with Gasteiger partial charge in [0.15, 0.2) is 0 Å². The Balaban J connectivity index is 2.32. The third-order valence-corrected chi connectivity index (χ3v) is 2.86. The van der Waals surface area contributed by atoms with E-state index in [4.69, 9.17) is 5.73 Å². The molecule has 3 heteroatoms. The fraction of sp³-hybridized carbons (Fsp3) is 0.357. The lowest BCUT2D eigenvalue weighted by Crippen LogP contribution is -1.99. The molecule has 0 bridgehead atoms. The van der Waals surface area contributed by atoms with Gasteiger partial charge < -0.3 is 5.73 Å². The highest BCUT2D eigenvalue weighted by Crippen LogP contribution is 2.19. The number of unbranched alkanes of at least 4 members (excludes halogenated alkanes) is 1. The molecule has 2 rings (SSSR count). The normalized spacial score (nSPS) is 11.0. The minimum Gasteiger partial charge on any atom is -0.330 e. The first-order chi connectivity index (χ1) is 8.20. The first-order valence-electron chi connectivity index (χ1n) is 5.96. The first kappa shape index (κ1) is 12.0. The van der Waals surface area contributed by atoms with Crippen LogP contribution in [0.25, 0.3) is 10.9 Å². The Labute approximate surface area is 101 Å². The number of nitrogens with two attached hydrogens (primary N) is 1. The third-order valence-electron chi connectivity index (χ3n) is 2.86. The molecular weight excluding hydrogens is 215 g/mol. The molecule has 0 radical (unpaired) electrons. The maximum absolute atomic E-state index is 13.8. The van der Waals surface area contributed by atoms with Gasteiger partial charge in [-0.1, -0.05) is 6.07 Å². The minimum absolute atomic E-state index is 0.228. The van der Waals surface area contributed by atoms with Crippen molar-refractivity contribution in [2.75, 3.05) is 6.54 Å². The van der Waals surface area contributed by atoms with Crippen molar-refractivity contribution in [1.82, 2.24) is 4.98 Å². The molecule has 2 aromatic rings. The number of hydrogen-bond donors (Lipinski definition) is 1. The second kappa shape index (κ2) is 5.23. The Morgan fingerprint density at radius 2 is 2.06 bits per heavy atom. The number of fused-ring (bicyclic) bond motifs is 1. The van der Waals surface area contributed by atoms with Gasteiger partial charge in [-0.15, -0.1) is 0 Å². The van der Waals surface area contributed by atoms with Gasteiger partial charge in [0.25, 0.3) is 0 Å². The highest BCUT2D eigenvalue weighted by molar-refractivity contribution is 5.80. The van der Waals surface area contributed by atoms with E-state index in [1.807, 2.05) is 25.1 Å². The summed E-state index contributed by atoms with van der Waals surface area (Å²) in [6.07, 6.45) is 2.85. The molecule has 1 aromatic heterocycles. The maximum Gasteiger partial charge on any atom is 0.149 e. The number of pyridine rings is 1. The van der Waals surface area contributed by atoms with Crippen LogP contribution in [0, 0.1) is 12.7 Å². The summed E-state index contributed by atoms with van der Waals surface area (Å²) in [7, 11) is 0. The van der Waals surface area contributed by atoms with Gasteiger partial charge in [-0.25, -0.2) is 4.39 Å². The quantitative estimate of drug-likeness (QED) is 0.823. The molecular formula is C14H17FN2. The Hall–Kier alpha value is -1.48. The van der Waals surface area contributed by atoms with Crippen LogP contribution in [0.4, 0.5) is 4.39 Å². The Kier molecular flexibility index (Phi) is 3.69. The van der Waals surface area contributed by atoms with Crippen LogP contribution in [0.15, 0.2) is 24.3 Å². The van der Waals surface area contributed by atoms with E-state index in [2.05, 4.69) is 4.98 Å². The van der Waals surface area contributed by atoms with Crippen LogP contribution < -0.4 is 5.73 Å². The number of aryl methyl sites for hydroxylation is 2. The largest absolute Gasteiger partial charge is 0.330 e. The van der Waals surface area contributed by atoms with Gasteiger partial charge in [0.2, 0.25) is 0 Å². The summed E-state index contributed by atoms with van der Waals surface area (Å²) in [4.78, 5) is 4.22. The molecule has 0 aliphatic heterocycles. The zero-order valence-electron chi connectivity index (χ0n) is 10.0. The van der Waals surface area contributed by atoms with E-state index in [0.29, 0.717) is 12.1 Å². The zero-order chi connectivity index (χ0) is 12.3. The number of aromatic nitrogens is 1. The molecule has 0 atom stereocenters. The van der Waals surface area contributed by atoms with Gasteiger partial charge in [0.05, 0.1) is 0 Å². The van der Waals surface area contributed by atoms with Crippen LogP contribution >= 0.6 is 0 Å². The van der Waals surface area contributed by atoms with E-state index in [0.717, 1.165) is 35.9 Å². The van der Waals surface area contributed by atoms with Gasteiger partial charge in [-0.05, 0) is 56.5 Å². The summed E-state index contributed by atoms with van der Waals surface area (Å²) < 4.78 is 13.8. The molecule has 0 amide bonds. The van der Waals surface area contributed by atoms with Crippen molar-refractivity contribution in [3.8, 4) is 0 Å². The van der Waals surface area contributed by atoms with Gasteiger partial charge >= 0.3 is 0 Å². The summed E-state index contributed by atoms with van der Waals surface area (Å²) in [5.41, 5.74) is 7.77. The molecule has 0 unspecified atom stereocenters. The highest BCUT2D eigenvalue weighted by atomic mass is 19.1. The Morgan fingerprint density at radius 1 is 1.24 bits per heavy atom. The minimum atomic E-state index is -0.228. The average Bonchev–Trinajstić information content (AvgIpc) is 2.31. The Bertz CT molecular complexity index is 523. The first-order valence-corrected chi connectivity index (χ1v) is 5.96. The summed E-state index contributed by atoms with van der Waals surface area (Å²) >= 11 is 0. The van der Waals surface area contributed by atoms with Crippen molar-refractivity contribution in [2.24, 2.45) is 5.73 Å². The van der Waals surface area contributed by atoms with Crippen molar-refractivity contribution in [3.05, 3.63) is 41.3 Å². The number of benzene rings is 1. The molecule has 2 N–H and O–H groups in total. The molecule has 90 valence electrons. The SMILES string of the molecule is Cc1ccc2cc(CCCCN)cc(F)c2n1. The van der Waals surface area contributed by atoms with Crippen LogP contribution in [-0.2, 0) is 6.42 Å². The van der Waals surface area contributed by atoms with E-state index >= 15 is 0 Å². The van der Waals surface area contributed by atoms with E-state index < -0.39 is 0 Å².